The number of fused-ring (bicyclic) bond motifs is 3. The number of rotatable bonds is 6. The molecule has 0 heterocycles. The first-order valence-electron chi connectivity index (χ1n) is 15.4. The summed E-state index contributed by atoms with van der Waals surface area (Å²) in [5.41, 5.74) is 11.1. The molecule has 43 heavy (non-hydrogen) atoms. The molecule has 0 unspecified atom stereocenters. The van der Waals surface area contributed by atoms with E-state index in [0.29, 0.717) is 0 Å². The summed E-state index contributed by atoms with van der Waals surface area (Å²) < 4.78 is -0.130. The Morgan fingerprint density at radius 1 is 0.372 bits per heavy atom. The van der Waals surface area contributed by atoms with Crippen LogP contribution in [0, 0.1) is 0 Å². The van der Waals surface area contributed by atoms with Crippen LogP contribution < -0.4 is 10.4 Å². The van der Waals surface area contributed by atoms with E-state index >= 15 is 0 Å². The van der Waals surface area contributed by atoms with Crippen LogP contribution in [0.1, 0.15) is 11.1 Å². The highest BCUT2D eigenvalue weighted by Gasteiger charge is 2.64. The second-order valence-corrected chi connectivity index (χ2v) is 22.6. The van der Waals surface area contributed by atoms with E-state index in [0.717, 1.165) is 0 Å². The zero-order chi connectivity index (χ0) is 29.7. The van der Waals surface area contributed by atoms with Crippen molar-refractivity contribution in [2.75, 3.05) is 0 Å². The van der Waals surface area contributed by atoms with Gasteiger partial charge >= 0.3 is 0 Å². The second kappa shape index (κ2) is 10.5. The highest BCUT2D eigenvalue weighted by Crippen LogP contribution is 2.60. The molecule has 0 saturated heterocycles. The predicted molar refractivity (Wildman–Crippen MR) is 191 cm³/mol. The monoisotopic (exact) mass is 586 g/mol. The van der Waals surface area contributed by atoms with Crippen LogP contribution in [-0.2, 0) is 4.66 Å². The van der Waals surface area contributed by atoms with Crippen molar-refractivity contribution in [1.82, 2.24) is 0 Å². The second-order valence-electron chi connectivity index (χ2n) is 13.0. The smallest absolute Gasteiger partial charge is 0.0647 e. The SMILES string of the molecule is C[Si](C)(c1ccccc1)C1([Si](C)(C)c2ccccc2)c2ccccc2-c2cc(-c3ccccc3)cc(-c3ccccc3)c21. The van der Waals surface area contributed by atoms with E-state index in [4.69, 9.17) is 0 Å². The Morgan fingerprint density at radius 2 is 0.791 bits per heavy atom. The molecule has 0 fully saturated rings. The first kappa shape index (κ1) is 27.6. The summed E-state index contributed by atoms with van der Waals surface area (Å²) >= 11 is 0. The molecule has 0 amide bonds. The van der Waals surface area contributed by atoms with Gasteiger partial charge in [0, 0.05) is 4.66 Å². The van der Waals surface area contributed by atoms with Gasteiger partial charge in [-0.3, -0.25) is 0 Å². The van der Waals surface area contributed by atoms with Crippen LogP contribution in [0.5, 0.6) is 0 Å². The molecule has 0 spiro atoms. The first-order valence-corrected chi connectivity index (χ1v) is 21.4. The van der Waals surface area contributed by atoms with Crippen molar-refractivity contribution in [3.05, 3.63) is 169 Å². The van der Waals surface area contributed by atoms with Gasteiger partial charge < -0.3 is 0 Å². The molecule has 7 rings (SSSR count). The molecule has 0 N–H and O–H groups in total. The quantitative estimate of drug-likeness (QED) is 0.171. The van der Waals surface area contributed by atoms with Gasteiger partial charge in [-0.05, 0) is 56.6 Å². The van der Waals surface area contributed by atoms with Gasteiger partial charge in [-0.25, -0.2) is 0 Å². The van der Waals surface area contributed by atoms with Crippen LogP contribution in [0.4, 0.5) is 0 Å². The molecule has 0 aliphatic heterocycles. The maximum atomic E-state index is 2.64. The Hall–Kier alpha value is -4.25. The van der Waals surface area contributed by atoms with Crippen molar-refractivity contribution >= 4 is 26.5 Å². The average molecular weight is 587 g/mol. The molecule has 1 aliphatic carbocycles. The van der Waals surface area contributed by atoms with E-state index in [2.05, 4.69) is 184 Å². The lowest BCUT2D eigenvalue weighted by molar-refractivity contribution is 0.971. The zero-order valence-corrected chi connectivity index (χ0v) is 27.5. The fraction of sp³-hybridized carbons (Fsp3) is 0.122. The molecule has 6 aromatic rings. The standard InChI is InChI=1S/C41H38Si2/c1-42(2,34-23-13-7-14-24-34)41(43(3,4)35-25-15-8-16-26-35)39-28-18-17-27-36(39)38-30-33(31-19-9-5-10-20-31)29-37(40(38)41)32-21-11-6-12-22-32/h5-30H,1-4H3. The van der Waals surface area contributed by atoms with Crippen LogP contribution in [0.2, 0.25) is 26.2 Å². The third-order valence-electron chi connectivity index (χ3n) is 10.2. The highest BCUT2D eigenvalue weighted by molar-refractivity contribution is 7.11. The molecular formula is C41H38Si2. The minimum Gasteiger partial charge on any atom is -0.0647 e. The minimum atomic E-state index is -2.32. The molecule has 6 aromatic carbocycles. The lowest BCUT2D eigenvalue weighted by Crippen LogP contribution is -2.74. The van der Waals surface area contributed by atoms with Gasteiger partial charge in [-0.15, -0.1) is 0 Å². The molecule has 1 aliphatic rings. The van der Waals surface area contributed by atoms with Crippen LogP contribution >= 0.6 is 0 Å². The molecule has 0 nitrogen and oxygen atoms in total. The lowest BCUT2D eigenvalue weighted by Gasteiger charge is -2.54. The Kier molecular flexibility index (Phi) is 6.72. The van der Waals surface area contributed by atoms with Crippen molar-refractivity contribution < 1.29 is 0 Å². The Bertz CT molecular complexity index is 1840. The van der Waals surface area contributed by atoms with Crippen molar-refractivity contribution in [2.24, 2.45) is 0 Å². The van der Waals surface area contributed by atoms with Crippen LogP contribution in [0.3, 0.4) is 0 Å². The number of hydrogen-bond acceptors (Lipinski definition) is 0. The maximum Gasteiger partial charge on any atom is 0.0938 e. The van der Waals surface area contributed by atoms with Gasteiger partial charge in [0.05, 0.1) is 16.1 Å². The maximum absolute atomic E-state index is 2.64. The summed E-state index contributed by atoms with van der Waals surface area (Å²) in [6, 6.07) is 59.4. The predicted octanol–water partition coefficient (Wildman–Crippen LogP) is 9.60. The van der Waals surface area contributed by atoms with Gasteiger partial charge in [0.15, 0.2) is 0 Å². The molecule has 0 bridgehead atoms. The summed E-state index contributed by atoms with van der Waals surface area (Å²) in [7, 11) is -4.63. The van der Waals surface area contributed by atoms with Crippen LogP contribution in [0.15, 0.2) is 158 Å². The lowest BCUT2D eigenvalue weighted by atomic mass is 9.90. The fourth-order valence-corrected chi connectivity index (χ4v) is 21.9. The molecule has 0 saturated carbocycles. The highest BCUT2D eigenvalue weighted by atomic mass is 28.4. The van der Waals surface area contributed by atoms with E-state index in [1.165, 1.54) is 49.3 Å². The molecule has 0 atom stereocenters. The Morgan fingerprint density at radius 3 is 1.33 bits per heavy atom. The molecule has 0 aromatic heterocycles. The molecule has 210 valence electrons. The topological polar surface area (TPSA) is 0 Å². The van der Waals surface area contributed by atoms with E-state index in [9.17, 15) is 0 Å². The van der Waals surface area contributed by atoms with Crippen LogP contribution in [0.25, 0.3) is 33.4 Å². The first-order chi connectivity index (χ1) is 20.9. The van der Waals surface area contributed by atoms with E-state index < -0.39 is 16.1 Å². The fourth-order valence-electron chi connectivity index (χ4n) is 8.30. The Labute approximate surface area is 258 Å². The summed E-state index contributed by atoms with van der Waals surface area (Å²) in [5, 5.41) is 3.03. The third kappa shape index (κ3) is 4.08. The minimum absolute atomic E-state index is 0.130. The Balaban J connectivity index is 1.70. The van der Waals surface area contributed by atoms with Gasteiger partial charge in [0.25, 0.3) is 0 Å². The summed E-state index contributed by atoms with van der Waals surface area (Å²) in [4.78, 5) is 0. The number of hydrogen-bond donors (Lipinski definition) is 0. The zero-order valence-electron chi connectivity index (χ0n) is 25.5. The van der Waals surface area contributed by atoms with E-state index in [1.54, 1.807) is 5.56 Å². The van der Waals surface area contributed by atoms with Crippen LogP contribution in [-0.4, -0.2) is 16.1 Å². The van der Waals surface area contributed by atoms with Gasteiger partial charge in [0.2, 0.25) is 0 Å². The molecule has 0 radical (unpaired) electrons. The molecular weight excluding hydrogens is 549 g/mol. The van der Waals surface area contributed by atoms with Gasteiger partial charge in [0.1, 0.15) is 0 Å². The van der Waals surface area contributed by atoms with Gasteiger partial charge in [-0.1, -0.05) is 182 Å². The third-order valence-corrected chi connectivity index (χ3v) is 22.3. The summed E-state index contributed by atoms with van der Waals surface area (Å²) in [5.74, 6) is 0. The van der Waals surface area contributed by atoms with Gasteiger partial charge in [-0.2, -0.15) is 0 Å². The normalized spacial score (nSPS) is 13.8. The van der Waals surface area contributed by atoms with E-state index in [-0.39, 0.29) is 4.66 Å². The van der Waals surface area contributed by atoms with Crippen molar-refractivity contribution in [2.45, 2.75) is 30.8 Å². The average Bonchev–Trinajstić information content (AvgIpc) is 3.38. The molecule has 2 heteroatoms. The summed E-state index contributed by atoms with van der Waals surface area (Å²) in [6.07, 6.45) is 0. The largest absolute Gasteiger partial charge is 0.0938 e. The van der Waals surface area contributed by atoms with Crippen molar-refractivity contribution in [3.63, 3.8) is 0 Å². The van der Waals surface area contributed by atoms with Crippen molar-refractivity contribution in [3.8, 4) is 33.4 Å². The van der Waals surface area contributed by atoms with Crippen molar-refractivity contribution in [1.29, 1.82) is 0 Å². The summed E-state index contributed by atoms with van der Waals surface area (Å²) in [6.45, 7) is 10.6. The number of benzene rings is 6. The van der Waals surface area contributed by atoms with E-state index in [1.807, 2.05) is 0 Å².